The quantitative estimate of drug-likeness (QED) is 0.859. The van der Waals surface area contributed by atoms with Gasteiger partial charge in [0.15, 0.2) is 0 Å². The molecule has 1 rings (SSSR count). The van der Waals surface area contributed by atoms with E-state index in [2.05, 4.69) is 5.32 Å². The van der Waals surface area contributed by atoms with Crippen molar-refractivity contribution >= 4 is 23.3 Å². The van der Waals surface area contributed by atoms with E-state index in [0.29, 0.717) is 18.8 Å². The van der Waals surface area contributed by atoms with Gasteiger partial charge in [-0.1, -0.05) is 25.4 Å². The Kier molecular flexibility index (Phi) is 5.92. The van der Waals surface area contributed by atoms with Crippen LogP contribution in [0.2, 0.25) is 5.02 Å². The third-order valence-corrected chi connectivity index (χ3v) is 2.73. The Labute approximate surface area is 112 Å². The molecule has 0 saturated carbocycles. The van der Waals surface area contributed by atoms with Crippen molar-refractivity contribution in [3.63, 3.8) is 0 Å². The van der Waals surface area contributed by atoms with Gasteiger partial charge < -0.3 is 10.2 Å². The Morgan fingerprint density at radius 2 is 1.94 bits per heavy atom. The van der Waals surface area contributed by atoms with Crippen molar-refractivity contribution in [3.05, 3.63) is 29.0 Å². The highest BCUT2D eigenvalue weighted by Crippen LogP contribution is 2.19. The first-order valence-corrected chi connectivity index (χ1v) is 6.47. The molecule has 100 valence electrons. The van der Waals surface area contributed by atoms with Crippen LogP contribution in [-0.4, -0.2) is 24.0 Å². The summed E-state index contributed by atoms with van der Waals surface area (Å²) in [6.07, 6.45) is 1.80. The van der Waals surface area contributed by atoms with Crippen LogP contribution in [0.4, 0.5) is 14.9 Å². The van der Waals surface area contributed by atoms with Crippen molar-refractivity contribution in [1.29, 1.82) is 0 Å². The van der Waals surface area contributed by atoms with E-state index in [4.69, 9.17) is 11.6 Å². The van der Waals surface area contributed by atoms with Crippen LogP contribution in [0.1, 0.15) is 26.7 Å². The molecule has 5 heteroatoms. The summed E-state index contributed by atoms with van der Waals surface area (Å²) >= 11 is 5.66. The Bertz CT molecular complexity index is 406. The van der Waals surface area contributed by atoms with Gasteiger partial charge in [-0.05, 0) is 31.0 Å². The largest absolute Gasteiger partial charge is 0.325 e. The second kappa shape index (κ2) is 7.21. The number of anilines is 1. The maximum atomic E-state index is 13.0. The molecule has 0 aromatic heterocycles. The first kappa shape index (κ1) is 14.8. The number of amides is 2. The van der Waals surface area contributed by atoms with E-state index in [9.17, 15) is 9.18 Å². The van der Waals surface area contributed by atoms with Crippen LogP contribution in [0.15, 0.2) is 18.2 Å². The second-order valence-corrected chi connectivity index (χ2v) is 4.45. The molecule has 0 heterocycles. The molecule has 0 aliphatic rings. The molecule has 1 aromatic rings. The molecule has 0 unspecified atom stereocenters. The third kappa shape index (κ3) is 4.18. The van der Waals surface area contributed by atoms with Gasteiger partial charge in [0.2, 0.25) is 0 Å². The highest BCUT2D eigenvalue weighted by molar-refractivity contribution is 6.31. The van der Waals surface area contributed by atoms with Gasteiger partial charge in [-0.25, -0.2) is 9.18 Å². The van der Waals surface area contributed by atoms with Crippen LogP contribution in [0, 0.1) is 5.82 Å². The lowest BCUT2D eigenvalue weighted by Crippen LogP contribution is -2.36. The van der Waals surface area contributed by atoms with Gasteiger partial charge in [0.05, 0.1) is 5.02 Å². The molecule has 18 heavy (non-hydrogen) atoms. The average Bonchev–Trinajstić information content (AvgIpc) is 2.33. The van der Waals surface area contributed by atoms with Gasteiger partial charge >= 0.3 is 6.03 Å². The number of urea groups is 1. The predicted octanol–water partition coefficient (Wildman–Crippen LogP) is 4.13. The summed E-state index contributed by atoms with van der Waals surface area (Å²) in [5.41, 5.74) is 0.503. The summed E-state index contributed by atoms with van der Waals surface area (Å²) in [6, 6.07) is 3.96. The highest BCUT2D eigenvalue weighted by Gasteiger charge is 2.12. The highest BCUT2D eigenvalue weighted by atomic mass is 35.5. The van der Waals surface area contributed by atoms with E-state index in [0.717, 1.165) is 12.8 Å². The Morgan fingerprint density at radius 3 is 2.44 bits per heavy atom. The summed E-state index contributed by atoms with van der Waals surface area (Å²) < 4.78 is 13.0. The zero-order valence-corrected chi connectivity index (χ0v) is 11.4. The van der Waals surface area contributed by atoms with Crippen molar-refractivity contribution in [2.75, 3.05) is 18.4 Å². The number of carbonyl (C=O) groups excluding carboxylic acids is 1. The van der Waals surface area contributed by atoms with Gasteiger partial charge in [0.1, 0.15) is 5.82 Å². The first-order chi connectivity index (χ1) is 8.58. The molecule has 0 spiro atoms. The number of carbonyl (C=O) groups is 1. The zero-order chi connectivity index (χ0) is 13.5. The molecular formula is C13H18ClFN2O. The number of nitrogens with zero attached hydrogens (tertiary/aromatic N) is 1. The van der Waals surface area contributed by atoms with Crippen molar-refractivity contribution in [1.82, 2.24) is 4.90 Å². The van der Waals surface area contributed by atoms with Crippen molar-refractivity contribution in [2.45, 2.75) is 26.7 Å². The number of benzene rings is 1. The number of hydrogen-bond acceptors (Lipinski definition) is 1. The fraction of sp³-hybridized carbons (Fsp3) is 0.462. The van der Waals surface area contributed by atoms with Gasteiger partial charge in [0, 0.05) is 18.8 Å². The summed E-state index contributed by atoms with van der Waals surface area (Å²) in [5, 5.41) is 2.72. The lowest BCUT2D eigenvalue weighted by atomic mass is 10.3. The number of nitrogens with one attached hydrogen (secondary N) is 1. The van der Waals surface area contributed by atoms with Crippen LogP contribution in [0.5, 0.6) is 0 Å². The van der Waals surface area contributed by atoms with Crippen LogP contribution in [0.25, 0.3) is 0 Å². The monoisotopic (exact) mass is 272 g/mol. The topological polar surface area (TPSA) is 32.3 Å². The minimum Gasteiger partial charge on any atom is -0.325 e. The van der Waals surface area contributed by atoms with Crippen LogP contribution >= 0.6 is 11.6 Å². The summed E-state index contributed by atoms with van der Waals surface area (Å²) in [4.78, 5) is 13.7. The fourth-order valence-electron chi connectivity index (χ4n) is 1.63. The fourth-order valence-corrected chi connectivity index (χ4v) is 1.81. The average molecular weight is 273 g/mol. The van der Waals surface area contributed by atoms with E-state index >= 15 is 0 Å². The maximum Gasteiger partial charge on any atom is 0.321 e. The molecular weight excluding hydrogens is 255 g/mol. The molecule has 0 fully saturated rings. The molecule has 0 saturated heterocycles. The van der Waals surface area contributed by atoms with Gasteiger partial charge in [-0.15, -0.1) is 0 Å². The molecule has 0 bridgehead atoms. The second-order valence-electron chi connectivity index (χ2n) is 4.05. The lowest BCUT2D eigenvalue weighted by Gasteiger charge is -2.21. The van der Waals surface area contributed by atoms with Crippen LogP contribution in [-0.2, 0) is 0 Å². The van der Waals surface area contributed by atoms with Gasteiger partial charge in [0.25, 0.3) is 0 Å². The molecule has 0 aliphatic carbocycles. The van der Waals surface area contributed by atoms with Crippen molar-refractivity contribution in [3.8, 4) is 0 Å². The minimum atomic E-state index is -0.492. The predicted molar refractivity (Wildman–Crippen MR) is 72.6 cm³/mol. The molecule has 0 aliphatic heterocycles. The number of hydrogen-bond donors (Lipinski definition) is 1. The van der Waals surface area contributed by atoms with E-state index in [1.807, 2.05) is 13.8 Å². The van der Waals surface area contributed by atoms with Gasteiger partial charge in [-0.3, -0.25) is 0 Å². The van der Waals surface area contributed by atoms with Crippen LogP contribution in [0.3, 0.4) is 0 Å². The molecule has 1 N–H and O–H groups in total. The number of halogens is 2. The Balaban J connectivity index is 2.69. The van der Waals surface area contributed by atoms with E-state index in [1.165, 1.54) is 18.2 Å². The normalized spacial score (nSPS) is 10.2. The minimum absolute atomic E-state index is 0.00494. The Hall–Kier alpha value is -1.29. The van der Waals surface area contributed by atoms with Crippen molar-refractivity contribution in [2.24, 2.45) is 0 Å². The number of rotatable bonds is 5. The maximum absolute atomic E-state index is 13.0. The smallest absolute Gasteiger partial charge is 0.321 e. The molecule has 0 atom stereocenters. The lowest BCUT2D eigenvalue weighted by molar-refractivity contribution is 0.211. The Morgan fingerprint density at radius 1 is 1.33 bits per heavy atom. The van der Waals surface area contributed by atoms with Crippen molar-refractivity contribution < 1.29 is 9.18 Å². The molecule has 3 nitrogen and oxygen atoms in total. The summed E-state index contributed by atoms with van der Waals surface area (Å²) in [6.45, 7) is 5.44. The van der Waals surface area contributed by atoms with Gasteiger partial charge in [-0.2, -0.15) is 0 Å². The van der Waals surface area contributed by atoms with E-state index in [-0.39, 0.29) is 11.1 Å². The zero-order valence-electron chi connectivity index (χ0n) is 10.7. The SMILES string of the molecule is CCCN(CCC)C(=O)Nc1ccc(F)c(Cl)c1. The van der Waals surface area contributed by atoms with E-state index < -0.39 is 5.82 Å². The first-order valence-electron chi connectivity index (χ1n) is 6.09. The van der Waals surface area contributed by atoms with E-state index in [1.54, 1.807) is 4.90 Å². The molecule has 0 radical (unpaired) electrons. The van der Waals surface area contributed by atoms with Crippen LogP contribution < -0.4 is 5.32 Å². The standard InChI is InChI=1S/C13H18ClFN2O/c1-3-7-17(8-4-2)13(18)16-10-5-6-12(15)11(14)9-10/h5-6,9H,3-4,7-8H2,1-2H3,(H,16,18). The summed E-state index contributed by atoms with van der Waals surface area (Å²) in [5.74, 6) is -0.492. The third-order valence-electron chi connectivity index (χ3n) is 2.45. The molecule has 1 aromatic carbocycles. The summed E-state index contributed by atoms with van der Waals surface area (Å²) in [7, 11) is 0. The molecule has 2 amide bonds.